The first-order chi connectivity index (χ1) is 12.4. The maximum absolute atomic E-state index is 13.1. The van der Waals surface area contributed by atoms with Crippen molar-refractivity contribution >= 4 is 23.2 Å². The molecule has 0 bridgehead atoms. The zero-order valence-electron chi connectivity index (χ0n) is 14.6. The number of likely N-dealkylation sites (tertiary alicyclic amines) is 1. The smallest absolute Gasteiger partial charge is 0.303 e. The first kappa shape index (κ1) is 18.5. The van der Waals surface area contributed by atoms with Crippen LogP contribution in [0.1, 0.15) is 41.0 Å². The summed E-state index contributed by atoms with van der Waals surface area (Å²) in [7, 11) is 0. The van der Waals surface area contributed by atoms with Gasteiger partial charge in [0.15, 0.2) is 0 Å². The van der Waals surface area contributed by atoms with E-state index >= 15 is 0 Å². The van der Waals surface area contributed by atoms with E-state index in [0.29, 0.717) is 35.1 Å². The number of carbonyl (C=O) groups excluding carboxylic acids is 1. The van der Waals surface area contributed by atoms with Gasteiger partial charge in [0.05, 0.1) is 5.69 Å². The normalized spacial score (nSPS) is 17.8. The summed E-state index contributed by atoms with van der Waals surface area (Å²) in [6.07, 6.45) is 2.52. The summed E-state index contributed by atoms with van der Waals surface area (Å²) in [6, 6.07) is 6.07. The van der Waals surface area contributed by atoms with Gasteiger partial charge in [-0.05, 0) is 56.4 Å². The summed E-state index contributed by atoms with van der Waals surface area (Å²) in [5.41, 5.74) is 1.46. The Kier molecular flexibility index (Phi) is 5.66. The average molecular weight is 376 g/mol. The molecule has 26 heavy (non-hydrogen) atoms. The van der Waals surface area contributed by atoms with Gasteiger partial charge in [0.25, 0.3) is 5.91 Å². The molecule has 1 amide bonds. The molecule has 1 unspecified atom stereocenters. The Hall–Kier alpha value is -2.28. The van der Waals surface area contributed by atoms with E-state index in [1.165, 1.54) is 23.5 Å². The van der Waals surface area contributed by atoms with Crippen LogP contribution in [0.2, 0.25) is 0 Å². The van der Waals surface area contributed by atoms with E-state index in [1.807, 2.05) is 6.92 Å². The van der Waals surface area contributed by atoms with Gasteiger partial charge in [-0.15, -0.1) is 11.3 Å². The van der Waals surface area contributed by atoms with Gasteiger partial charge in [0.1, 0.15) is 15.7 Å². The monoisotopic (exact) mass is 376 g/mol. The van der Waals surface area contributed by atoms with Crippen LogP contribution in [0.3, 0.4) is 0 Å². The van der Waals surface area contributed by atoms with Crippen molar-refractivity contribution in [1.82, 2.24) is 9.88 Å². The molecule has 1 fully saturated rings. The van der Waals surface area contributed by atoms with E-state index in [0.717, 1.165) is 18.4 Å². The number of amides is 1. The van der Waals surface area contributed by atoms with Gasteiger partial charge in [-0.2, -0.15) is 0 Å². The summed E-state index contributed by atoms with van der Waals surface area (Å²) < 4.78 is 13.1. The van der Waals surface area contributed by atoms with Gasteiger partial charge in [-0.25, -0.2) is 9.37 Å². The average Bonchev–Trinajstić information content (AvgIpc) is 2.83. The molecule has 2 heterocycles. The molecule has 7 heteroatoms. The number of thiazole rings is 1. The highest BCUT2D eigenvalue weighted by molar-refractivity contribution is 7.17. The number of benzene rings is 1. The third-order valence-electron chi connectivity index (χ3n) is 4.68. The molecule has 0 saturated carbocycles. The van der Waals surface area contributed by atoms with Crippen LogP contribution in [-0.2, 0) is 4.79 Å². The minimum absolute atomic E-state index is 0.0515. The number of nitrogens with zero attached hydrogens (tertiary/aromatic N) is 2. The fourth-order valence-electron chi connectivity index (χ4n) is 3.27. The Balaban J connectivity index is 1.73. The summed E-state index contributed by atoms with van der Waals surface area (Å²) in [4.78, 5) is 30.7. The van der Waals surface area contributed by atoms with Gasteiger partial charge in [-0.3, -0.25) is 9.59 Å². The van der Waals surface area contributed by atoms with E-state index in [2.05, 4.69) is 4.98 Å². The third kappa shape index (κ3) is 4.27. The van der Waals surface area contributed by atoms with Crippen LogP contribution in [0.4, 0.5) is 4.39 Å². The number of aliphatic carboxylic acids is 1. The number of aryl methyl sites for hydroxylation is 1. The minimum Gasteiger partial charge on any atom is -0.481 e. The largest absolute Gasteiger partial charge is 0.481 e. The van der Waals surface area contributed by atoms with Crippen LogP contribution in [-0.4, -0.2) is 40.0 Å². The van der Waals surface area contributed by atoms with Crippen LogP contribution in [0.15, 0.2) is 24.3 Å². The lowest BCUT2D eigenvalue weighted by molar-refractivity contribution is -0.138. The van der Waals surface area contributed by atoms with E-state index in [-0.39, 0.29) is 24.1 Å². The van der Waals surface area contributed by atoms with Gasteiger partial charge in [-0.1, -0.05) is 0 Å². The second-order valence-corrected chi connectivity index (χ2v) is 7.63. The molecule has 0 aliphatic carbocycles. The minimum atomic E-state index is -0.781. The molecule has 1 aromatic heterocycles. The molecule has 5 nitrogen and oxygen atoms in total. The first-order valence-corrected chi connectivity index (χ1v) is 9.50. The fraction of sp³-hybridized carbons (Fsp3) is 0.421. The predicted molar refractivity (Wildman–Crippen MR) is 97.7 cm³/mol. The highest BCUT2D eigenvalue weighted by atomic mass is 32.1. The van der Waals surface area contributed by atoms with Gasteiger partial charge >= 0.3 is 5.97 Å². The lowest BCUT2D eigenvalue weighted by Gasteiger charge is -2.20. The molecular formula is C19H21FN2O3S. The molecule has 138 valence electrons. The van der Waals surface area contributed by atoms with Crippen molar-refractivity contribution in [2.45, 2.75) is 32.6 Å². The van der Waals surface area contributed by atoms with E-state index < -0.39 is 5.97 Å². The number of aromatic nitrogens is 1. The van der Waals surface area contributed by atoms with Crippen molar-refractivity contribution < 1.29 is 19.1 Å². The molecule has 3 rings (SSSR count). The summed E-state index contributed by atoms with van der Waals surface area (Å²) in [5, 5.41) is 9.66. The summed E-state index contributed by atoms with van der Waals surface area (Å²) >= 11 is 1.32. The van der Waals surface area contributed by atoms with Crippen molar-refractivity contribution in [3.8, 4) is 10.6 Å². The number of carbonyl (C=O) groups is 2. The number of hydrogen-bond acceptors (Lipinski definition) is 4. The molecule has 0 radical (unpaired) electrons. The lowest BCUT2D eigenvalue weighted by Crippen LogP contribution is -2.32. The zero-order chi connectivity index (χ0) is 18.7. The summed E-state index contributed by atoms with van der Waals surface area (Å²) in [6.45, 7) is 3.01. The number of carboxylic acid groups (broad SMARTS) is 1. The Morgan fingerprint density at radius 2 is 2.00 bits per heavy atom. The van der Waals surface area contributed by atoms with Crippen molar-refractivity contribution in [2.24, 2.45) is 5.92 Å². The molecular weight excluding hydrogens is 355 g/mol. The predicted octanol–water partition coefficient (Wildman–Crippen LogP) is 3.97. The SMILES string of the molecule is Cc1nc(-c2ccc(F)cc2)sc1C(=O)N1CCCC(CC(=O)O)CC1. The van der Waals surface area contributed by atoms with Gasteiger partial charge in [0.2, 0.25) is 0 Å². The van der Waals surface area contributed by atoms with Crippen LogP contribution in [0, 0.1) is 18.7 Å². The Morgan fingerprint density at radius 3 is 2.69 bits per heavy atom. The zero-order valence-corrected chi connectivity index (χ0v) is 15.4. The molecule has 0 spiro atoms. The Labute approximate surface area is 155 Å². The second kappa shape index (κ2) is 7.95. The molecule has 1 aliphatic heterocycles. The third-order valence-corrected chi connectivity index (χ3v) is 5.87. The Morgan fingerprint density at radius 1 is 1.27 bits per heavy atom. The van der Waals surface area contributed by atoms with Crippen LogP contribution >= 0.6 is 11.3 Å². The van der Waals surface area contributed by atoms with Crippen molar-refractivity contribution in [3.05, 3.63) is 40.7 Å². The quantitative estimate of drug-likeness (QED) is 0.876. The van der Waals surface area contributed by atoms with Crippen LogP contribution in [0.5, 0.6) is 0 Å². The van der Waals surface area contributed by atoms with Crippen molar-refractivity contribution in [2.75, 3.05) is 13.1 Å². The summed E-state index contributed by atoms with van der Waals surface area (Å²) in [5.74, 6) is -1.01. The number of rotatable bonds is 4. The standard InChI is InChI=1S/C19H21FN2O3S/c1-12-17(26-18(21-12)14-4-6-15(20)7-5-14)19(25)22-9-2-3-13(8-10-22)11-16(23)24/h4-7,13H,2-3,8-11H2,1H3,(H,23,24). The maximum atomic E-state index is 13.1. The van der Waals surface area contributed by atoms with E-state index in [1.54, 1.807) is 17.0 Å². The Bertz CT molecular complexity index is 804. The molecule has 1 atom stereocenters. The van der Waals surface area contributed by atoms with Crippen LogP contribution in [0.25, 0.3) is 10.6 Å². The molecule has 1 aliphatic rings. The molecule has 2 aromatic rings. The number of hydrogen-bond donors (Lipinski definition) is 1. The molecule has 1 saturated heterocycles. The highest BCUT2D eigenvalue weighted by Gasteiger charge is 2.25. The van der Waals surface area contributed by atoms with E-state index in [4.69, 9.17) is 5.11 Å². The van der Waals surface area contributed by atoms with Gasteiger partial charge in [0, 0.05) is 25.1 Å². The topological polar surface area (TPSA) is 70.5 Å². The van der Waals surface area contributed by atoms with Crippen LogP contribution < -0.4 is 0 Å². The number of carboxylic acids is 1. The van der Waals surface area contributed by atoms with Crippen molar-refractivity contribution in [1.29, 1.82) is 0 Å². The second-order valence-electron chi connectivity index (χ2n) is 6.63. The fourth-order valence-corrected chi connectivity index (χ4v) is 4.31. The first-order valence-electron chi connectivity index (χ1n) is 8.68. The highest BCUT2D eigenvalue weighted by Crippen LogP contribution is 2.30. The van der Waals surface area contributed by atoms with Gasteiger partial charge < -0.3 is 10.0 Å². The lowest BCUT2D eigenvalue weighted by atomic mass is 9.97. The van der Waals surface area contributed by atoms with Crippen molar-refractivity contribution in [3.63, 3.8) is 0 Å². The maximum Gasteiger partial charge on any atom is 0.303 e. The van der Waals surface area contributed by atoms with E-state index in [9.17, 15) is 14.0 Å². The molecule has 1 N–H and O–H groups in total. The number of halogens is 1. The molecule has 1 aromatic carbocycles.